The van der Waals surface area contributed by atoms with Crippen LogP contribution < -0.4 is 5.32 Å². The molecule has 0 radical (unpaired) electrons. The van der Waals surface area contributed by atoms with Crippen LogP contribution in [-0.4, -0.2) is 36.2 Å². The van der Waals surface area contributed by atoms with E-state index in [4.69, 9.17) is 5.26 Å². The van der Waals surface area contributed by atoms with Crippen LogP contribution in [-0.2, 0) is 0 Å². The lowest BCUT2D eigenvalue weighted by Crippen LogP contribution is -2.47. The van der Waals surface area contributed by atoms with E-state index in [0.29, 0.717) is 11.5 Å². The van der Waals surface area contributed by atoms with Gasteiger partial charge in [-0.3, -0.25) is 4.90 Å². The molecule has 0 spiro atoms. The Morgan fingerprint density at radius 1 is 1.26 bits per heavy atom. The van der Waals surface area contributed by atoms with E-state index in [0.717, 1.165) is 39.0 Å². The summed E-state index contributed by atoms with van der Waals surface area (Å²) >= 11 is 0. The average Bonchev–Trinajstić information content (AvgIpc) is 2.45. The summed E-state index contributed by atoms with van der Waals surface area (Å²) < 4.78 is 13.6. The first-order valence-electron chi connectivity index (χ1n) is 7.58. The zero-order chi connectivity index (χ0) is 14.8. The summed E-state index contributed by atoms with van der Waals surface area (Å²) in [5, 5.41) is 22.7. The number of phenols is 1. The van der Waals surface area contributed by atoms with Gasteiger partial charge in [-0.2, -0.15) is 5.26 Å². The fourth-order valence-corrected chi connectivity index (χ4v) is 3.39. The minimum atomic E-state index is -0.647. The van der Waals surface area contributed by atoms with Crippen molar-refractivity contribution in [2.75, 3.05) is 26.2 Å². The van der Waals surface area contributed by atoms with Gasteiger partial charge in [0, 0.05) is 37.8 Å². The first-order valence-corrected chi connectivity index (χ1v) is 7.58. The number of benzene rings is 1. The second-order valence-corrected chi connectivity index (χ2v) is 5.89. The van der Waals surface area contributed by atoms with Gasteiger partial charge in [0.25, 0.3) is 0 Å². The van der Waals surface area contributed by atoms with Crippen molar-refractivity contribution in [3.05, 3.63) is 29.1 Å². The molecule has 0 unspecified atom stereocenters. The molecule has 1 heterocycles. The monoisotopic (exact) mass is 361 g/mol. The smallest absolute Gasteiger partial charge is 0.144 e. The molecule has 23 heavy (non-hydrogen) atoms. The van der Waals surface area contributed by atoms with Crippen molar-refractivity contribution in [2.45, 2.75) is 25.3 Å². The van der Waals surface area contributed by atoms with Crippen LogP contribution in [0.15, 0.2) is 12.1 Å². The maximum Gasteiger partial charge on any atom is 0.144 e. The maximum atomic E-state index is 13.6. The third-order valence-corrected chi connectivity index (χ3v) is 4.73. The first-order chi connectivity index (χ1) is 10.2. The second-order valence-electron chi connectivity index (χ2n) is 5.89. The minimum Gasteiger partial charge on any atom is -0.506 e. The lowest BCUT2D eigenvalue weighted by atomic mass is 9.75. The van der Waals surface area contributed by atoms with E-state index in [2.05, 4.69) is 10.2 Å². The molecule has 1 aromatic rings. The topological polar surface area (TPSA) is 59.3 Å². The second kappa shape index (κ2) is 8.70. The number of rotatable bonds is 3. The quantitative estimate of drug-likeness (QED) is 0.868. The number of nitrogens with one attached hydrogen (secondary N) is 1. The lowest BCUT2D eigenvalue weighted by molar-refractivity contribution is 0.0818. The highest BCUT2D eigenvalue weighted by atomic mass is 35.5. The van der Waals surface area contributed by atoms with Crippen molar-refractivity contribution < 1.29 is 9.50 Å². The van der Waals surface area contributed by atoms with E-state index in [9.17, 15) is 9.50 Å². The Labute approximate surface area is 148 Å². The summed E-state index contributed by atoms with van der Waals surface area (Å²) in [4.78, 5) is 2.36. The molecule has 4 nitrogen and oxygen atoms in total. The minimum absolute atomic E-state index is 0. The zero-order valence-corrected chi connectivity index (χ0v) is 14.4. The largest absolute Gasteiger partial charge is 0.506 e. The molecule has 3 rings (SSSR count). The summed E-state index contributed by atoms with van der Waals surface area (Å²) in [5.41, 5.74) is 0.478. The SMILES string of the molecule is Cl.Cl.N#Cc1c(F)ccc([C@@H](C2CCC2)N2CCNCC2)c1O. The number of nitriles is 1. The van der Waals surface area contributed by atoms with Crippen molar-refractivity contribution >= 4 is 24.8 Å². The highest BCUT2D eigenvalue weighted by Gasteiger charge is 2.35. The third kappa shape index (κ3) is 3.89. The van der Waals surface area contributed by atoms with E-state index in [1.165, 1.54) is 12.5 Å². The lowest BCUT2D eigenvalue weighted by Gasteiger charge is -2.43. The highest BCUT2D eigenvalue weighted by molar-refractivity contribution is 5.85. The molecule has 1 atom stereocenters. The molecule has 2 aliphatic rings. The molecule has 1 aliphatic heterocycles. The number of nitrogens with zero attached hydrogens (tertiary/aromatic N) is 2. The van der Waals surface area contributed by atoms with Crippen LogP contribution in [0.4, 0.5) is 4.39 Å². The molecule has 0 aromatic heterocycles. The first kappa shape index (κ1) is 20.0. The Kier molecular flexibility index (Phi) is 7.56. The predicted octanol–water partition coefficient (Wildman–Crippen LogP) is 2.99. The van der Waals surface area contributed by atoms with Gasteiger partial charge in [-0.1, -0.05) is 12.5 Å². The van der Waals surface area contributed by atoms with Crippen molar-refractivity contribution in [1.82, 2.24) is 10.2 Å². The van der Waals surface area contributed by atoms with E-state index < -0.39 is 5.82 Å². The molecule has 0 bridgehead atoms. The van der Waals surface area contributed by atoms with Gasteiger partial charge in [0.05, 0.1) is 0 Å². The summed E-state index contributed by atoms with van der Waals surface area (Å²) in [6.45, 7) is 3.69. The van der Waals surface area contributed by atoms with Gasteiger partial charge in [-0.05, 0) is 24.8 Å². The molecule has 7 heteroatoms. The van der Waals surface area contributed by atoms with Crippen molar-refractivity contribution in [2.24, 2.45) is 5.92 Å². The summed E-state index contributed by atoms with van der Waals surface area (Å²) in [7, 11) is 0. The Morgan fingerprint density at radius 3 is 2.43 bits per heavy atom. The van der Waals surface area contributed by atoms with Crippen molar-refractivity contribution in [3.8, 4) is 11.8 Å². The van der Waals surface area contributed by atoms with Gasteiger partial charge >= 0.3 is 0 Å². The van der Waals surface area contributed by atoms with E-state index >= 15 is 0 Å². The number of piperazine rings is 1. The zero-order valence-electron chi connectivity index (χ0n) is 12.8. The van der Waals surface area contributed by atoms with E-state index in [1.54, 1.807) is 12.1 Å². The van der Waals surface area contributed by atoms with Gasteiger partial charge in [0.1, 0.15) is 23.2 Å². The molecule has 1 aliphatic carbocycles. The highest BCUT2D eigenvalue weighted by Crippen LogP contribution is 2.45. The predicted molar refractivity (Wildman–Crippen MR) is 91.8 cm³/mol. The third-order valence-electron chi connectivity index (χ3n) is 4.73. The van der Waals surface area contributed by atoms with Gasteiger partial charge in [-0.25, -0.2) is 4.39 Å². The van der Waals surface area contributed by atoms with Crippen LogP contribution >= 0.6 is 24.8 Å². The van der Waals surface area contributed by atoms with Gasteiger partial charge in [-0.15, -0.1) is 24.8 Å². The molecule has 1 aromatic carbocycles. The van der Waals surface area contributed by atoms with E-state index in [1.807, 2.05) is 0 Å². The molecule has 1 saturated carbocycles. The van der Waals surface area contributed by atoms with Crippen LogP contribution in [0, 0.1) is 23.1 Å². The van der Waals surface area contributed by atoms with Crippen LogP contribution in [0.2, 0.25) is 0 Å². The van der Waals surface area contributed by atoms with Crippen LogP contribution in [0.5, 0.6) is 5.75 Å². The average molecular weight is 362 g/mol. The van der Waals surface area contributed by atoms with Crippen LogP contribution in [0.1, 0.15) is 36.4 Å². The molecule has 2 fully saturated rings. The Balaban J connectivity index is 0.00000132. The molecular weight excluding hydrogens is 340 g/mol. The summed E-state index contributed by atoms with van der Waals surface area (Å²) in [6, 6.07) is 4.83. The molecule has 128 valence electrons. The molecular formula is C16H22Cl2FN3O. The number of hydrogen-bond acceptors (Lipinski definition) is 4. The van der Waals surface area contributed by atoms with Crippen LogP contribution in [0.25, 0.3) is 0 Å². The maximum absolute atomic E-state index is 13.6. The fourth-order valence-electron chi connectivity index (χ4n) is 3.39. The molecule has 0 amide bonds. The number of halogens is 3. The number of hydrogen-bond donors (Lipinski definition) is 2. The normalized spacial score (nSPS) is 19.7. The van der Waals surface area contributed by atoms with E-state index in [-0.39, 0.29) is 42.2 Å². The van der Waals surface area contributed by atoms with Gasteiger partial charge in [0.2, 0.25) is 0 Å². The van der Waals surface area contributed by atoms with Crippen molar-refractivity contribution in [1.29, 1.82) is 5.26 Å². The van der Waals surface area contributed by atoms with Gasteiger partial charge in [0.15, 0.2) is 0 Å². The van der Waals surface area contributed by atoms with Gasteiger partial charge < -0.3 is 10.4 Å². The molecule has 2 N–H and O–H groups in total. The van der Waals surface area contributed by atoms with Crippen LogP contribution in [0.3, 0.4) is 0 Å². The summed E-state index contributed by atoms with van der Waals surface area (Å²) in [6.07, 6.45) is 3.47. The summed E-state index contributed by atoms with van der Waals surface area (Å²) in [5.74, 6) is -0.328. The molecule has 1 saturated heterocycles. The Bertz CT molecular complexity index is 569. The standard InChI is InChI=1S/C16H20FN3O.2ClH/c17-14-5-4-12(16(21)13(14)10-18)15(11-2-1-3-11)20-8-6-19-7-9-20;;/h4-5,11,15,19,21H,1-3,6-9H2;2*1H/t15-;;/m1../s1. The fraction of sp³-hybridized carbons (Fsp3) is 0.562. The number of phenolic OH excluding ortho intramolecular Hbond substituents is 1. The van der Waals surface area contributed by atoms with Crippen molar-refractivity contribution in [3.63, 3.8) is 0 Å². The Hall–Kier alpha value is -1.06. The Morgan fingerprint density at radius 2 is 1.91 bits per heavy atom. The number of aromatic hydroxyl groups is 1.